The fraction of sp³-hybridized carbons (Fsp3) is 0.154. The fourth-order valence-corrected chi connectivity index (χ4v) is 2.72. The van der Waals surface area contributed by atoms with Gasteiger partial charge in [0.1, 0.15) is 23.8 Å². The molecule has 0 saturated heterocycles. The van der Waals surface area contributed by atoms with Gasteiger partial charge >= 0.3 is 5.97 Å². The van der Waals surface area contributed by atoms with E-state index in [0.29, 0.717) is 11.7 Å². The minimum atomic E-state index is -1.04. The van der Waals surface area contributed by atoms with Crippen molar-refractivity contribution in [2.24, 2.45) is 0 Å². The highest BCUT2D eigenvalue weighted by atomic mass is 79.9. The molecule has 2 heterocycles. The Labute approximate surface area is 128 Å². The Balaban J connectivity index is 2.08. The van der Waals surface area contributed by atoms with Crippen LogP contribution in [0.3, 0.4) is 0 Å². The maximum Gasteiger partial charge on any atom is 0.352 e. The molecule has 1 aliphatic heterocycles. The Kier molecular flexibility index (Phi) is 3.38. The molecule has 2 N–H and O–H groups in total. The minimum absolute atomic E-state index is 0.0763. The number of methoxy groups -OCH3 is 1. The summed E-state index contributed by atoms with van der Waals surface area (Å²) in [6.45, 7) is 0. The first-order valence-electron chi connectivity index (χ1n) is 6.05. The summed E-state index contributed by atoms with van der Waals surface area (Å²) in [6.07, 6.45) is 2.98. The number of nitrogens with zero attached hydrogens (tertiary/aromatic N) is 3. The Hall–Kier alpha value is -2.35. The van der Waals surface area contributed by atoms with Crippen molar-refractivity contribution in [3.63, 3.8) is 0 Å². The van der Waals surface area contributed by atoms with Crippen LogP contribution in [0.5, 0.6) is 5.75 Å². The number of anilines is 1. The second-order valence-corrected chi connectivity index (χ2v) is 5.23. The van der Waals surface area contributed by atoms with Gasteiger partial charge in [-0.3, -0.25) is 0 Å². The highest BCUT2D eigenvalue weighted by molar-refractivity contribution is 9.10. The van der Waals surface area contributed by atoms with Crippen molar-refractivity contribution < 1.29 is 14.6 Å². The van der Waals surface area contributed by atoms with E-state index in [4.69, 9.17) is 4.74 Å². The van der Waals surface area contributed by atoms with Crippen LogP contribution < -0.4 is 10.1 Å². The molecular formula is C13H11BrN4O3. The van der Waals surface area contributed by atoms with E-state index in [2.05, 4.69) is 31.3 Å². The Morgan fingerprint density at radius 2 is 2.33 bits per heavy atom. The second-order valence-electron chi connectivity index (χ2n) is 4.38. The highest BCUT2D eigenvalue weighted by Crippen LogP contribution is 2.33. The zero-order chi connectivity index (χ0) is 15.0. The van der Waals surface area contributed by atoms with Crippen LogP contribution in [-0.2, 0) is 4.79 Å². The summed E-state index contributed by atoms with van der Waals surface area (Å²) < 4.78 is 7.61. The number of ether oxygens (including phenoxy) is 1. The molecule has 1 aliphatic rings. The van der Waals surface area contributed by atoms with Crippen LogP contribution in [0.2, 0.25) is 0 Å². The van der Waals surface area contributed by atoms with Gasteiger partial charge in [0.15, 0.2) is 0 Å². The smallest absolute Gasteiger partial charge is 0.352 e. The van der Waals surface area contributed by atoms with Crippen molar-refractivity contribution in [2.75, 3.05) is 12.4 Å². The summed E-state index contributed by atoms with van der Waals surface area (Å²) in [7, 11) is 1.59. The lowest BCUT2D eigenvalue weighted by molar-refractivity contribution is -0.132. The topological polar surface area (TPSA) is 89.3 Å². The number of halogens is 1. The molecule has 0 spiro atoms. The van der Waals surface area contributed by atoms with Gasteiger partial charge in [0.05, 0.1) is 11.6 Å². The van der Waals surface area contributed by atoms with E-state index < -0.39 is 5.97 Å². The summed E-state index contributed by atoms with van der Waals surface area (Å²) in [6, 6.07) is 5.20. The predicted octanol–water partition coefficient (Wildman–Crippen LogP) is 2.03. The number of nitrogens with one attached hydrogen (secondary N) is 1. The molecule has 21 heavy (non-hydrogen) atoms. The lowest BCUT2D eigenvalue weighted by Crippen LogP contribution is -2.24. The van der Waals surface area contributed by atoms with E-state index in [1.54, 1.807) is 17.9 Å². The van der Waals surface area contributed by atoms with Crippen LogP contribution in [0, 0.1) is 0 Å². The summed E-state index contributed by atoms with van der Waals surface area (Å²) in [5.41, 5.74) is 0.946. The quantitative estimate of drug-likeness (QED) is 0.880. The molecule has 1 aromatic carbocycles. The fourth-order valence-electron chi connectivity index (χ4n) is 2.16. The van der Waals surface area contributed by atoms with Crippen LogP contribution in [0.15, 0.2) is 40.8 Å². The summed E-state index contributed by atoms with van der Waals surface area (Å²) in [5.74, 6) is 0.0580. The third-order valence-corrected chi connectivity index (χ3v) is 3.78. The lowest BCUT2D eigenvalue weighted by Gasteiger charge is -2.22. The number of allylic oxidation sites excluding steroid dienone is 1. The van der Waals surface area contributed by atoms with Crippen molar-refractivity contribution in [3.8, 4) is 5.75 Å². The van der Waals surface area contributed by atoms with Crippen LogP contribution >= 0.6 is 15.9 Å². The second kappa shape index (κ2) is 5.21. The molecule has 7 nitrogen and oxygen atoms in total. The van der Waals surface area contributed by atoms with E-state index in [0.717, 1.165) is 10.0 Å². The SMILES string of the molecule is COc1ccc([C@@H]2C=C(C(=O)O)Nc3ncnn32)cc1Br. The van der Waals surface area contributed by atoms with Gasteiger partial charge in [-0.05, 0) is 39.7 Å². The van der Waals surface area contributed by atoms with Crippen molar-refractivity contribution in [1.29, 1.82) is 0 Å². The first-order valence-corrected chi connectivity index (χ1v) is 6.84. The van der Waals surface area contributed by atoms with Gasteiger partial charge in [0.2, 0.25) is 5.95 Å². The van der Waals surface area contributed by atoms with E-state index in [1.165, 1.54) is 6.33 Å². The molecule has 108 valence electrons. The van der Waals surface area contributed by atoms with E-state index in [-0.39, 0.29) is 11.7 Å². The average Bonchev–Trinajstić information content (AvgIpc) is 2.94. The number of carboxylic acid groups (broad SMARTS) is 1. The first kappa shape index (κ1) is 13.6. The molecule has 2 aromatic rings. The third-order valence-electron chi connectivity index (χ3n) is 3.16. The molecular weight excluding hydrogens is 340 g/mol. The van der Waals surface area contributed by atoms with Gasteiger partial charge < -0.3 is 15.2 Å². The number of aliphatic carboxylic acids is 1. The standard InChI is InChI=1S/C13H11BrN4O3/c1-21-11-3-2-7(4-8(11)14)10-5-9(12(19)20)17-13-15-6-16-18(10)13/h2-6,10H,1H3,(H,19,20)(H,15,16,17)/t10-/m0/s1. The van der Waals surface area contributed by atoms with Crippen molar-refractivity contribution in [3.05, 3.63) is 46.3 Å². The Morgan fingerprint density at radius 1 is 1.52 bits per heavy atom. The minimum Gasteiger partial charge on any atom is -0.496 e. The van der Waals surface area contributed by atoms with Gasteiger partial charge in [0.25, 0.3) is 0 Å². The van der Waals surface area contributed by atoms with E-state index >= 15 is 0 Å². The van der Waals surface area contributed by atoms with Gasteiger partial charge in [-0.2, -0.15) is 10.1 Å². The number of benzene rings is 1. The third kappa shape index (κ3) is 2.38. The molecule has 1 atom stereocenters. The van der Waals surface area contributed by atoms with Crippen LogP contribution in [0.25, 0.3) is 0 Å². The molecule has 0 saturated carbocycles. The lowest BCUT2D eigenvalue weighted by atomic mass is 10.0. The maximum atomic E-state index is 11.2. The molecule has 8 heteroatoms. The number of hydrogen-bond acceptors (Lipinski definition) is 5. The van der Waals surface area contributed by atoms with Gasteiger partial charge in [-0.1, -0.05) is 6.07 Å². The summed E-state index contributed by atoms with van der Waals surface area (Å²) in [5, 5.41) is 16.1. The number of fused-ring (bicyclic) bond motifs is 1. The summed E-state index contributed by atoms with van der Waals surface area (Å²) >= 11 is 3.43. The number of carbonyl (C=O) groups is 1. The van der Waals surface area contributed by atoms with Crippen LogP contribution in [0.1, 0.15) is 11.6 Å². The highest BCUT2D eigenvalue weighted by Gasteiger charge is 2.25. The first-order chi connectivity index (χ1) is 10.1. The Morgan fingerprint density at radius 3 is 3.00 bits per heavy atom. The van der Waals surface area contributed by atoms with Gasteiger partial charge in [0, 0.05) is 0 Å². The maximum absolute atomic E-state index is 11.2. The zero-order valence-electron chi connectivity index (χ0n) is 10.9. The number of carboxylic acids is 1. The molecule has 0 radical (unpaired) electrons. The largest absolute Gasteiger partial charge is 0.496 e. The molecule has 0 aliphatic carbocycles. The molecule has 1 aromatic heterocycles. The normalized spacial score (nSPS) is 16.7. The monoisotopic (exact) mass is 350 g/mol. The molecule has 0 fully saturated rings. The van der Waals surface area contributed by atoms with Crippen LogP contribution in [0.4, 0.5) is 5.95 Å². The van der Waals surface area contributed by atoms with Crippen molar-refractivity contribution in [2.45, 2.75) is 6.04 Å². The molecule has 3 rings (SSSR count). The summed E-state index contributed by atoms with van der Waals surface area (Å²) in [4.78, 5) is 15.2. The van der Waals surface area contributed by atoms with Gasteiger partial charge in [-0.15, -0.1) is 0 Å². The average molecular weight is 351 g/mol. The predicted molar refractivity (Wildman–Crippen MR) is 78.2 cm³/mol. The number of aromatic nitrogens is 3. The zero-order valence-corrected chi connectivity index (χ0v) is 12.5. The Bertz CT molecular complexity index is 741. The molecule has 0 amide bonds. The van der Waals surface area contributed by atoms with E-state index in [1.807, 2.05) is 18.2 Å². The van der Waals surface area contributed by atoms with Crippen molar-refractivity contribution >= 4 is 27.8 Å². The molecule has 0 bridgehead atoms. The van der Waals surface area contributed by atoms with Crippen LogP contribution in [-0.4, -0.2) is 33.0 Å². The van der Waals surface area contributed by atoms with Gasteiger partial charge in [-0.25, -0.2) is 9.48 Å². The number of rotatable bonds is 3. The van der Waals surface area contributed by atoms with Crippen molar-refractivity contribution in [1.82, 2.24) is 14.8 Å². The molecule has 0 unspecified atom stereocenters. The van der Waals surface area contributed by atoms with E-state index in [9.17, 15) is 9.90 Å². The number of hydrogen-bond donors (Lipinski definition) is 2.